The van der Waals surface area contributed by atoms with Gasteiger partial charge in [-0.05, 0) is 62.2 Å². The van der Waals surface area contributed by atoms with Crippen LogP contribution in [-0.2, 0) is 26.2 Å². The summed E-state index contributed by atoms with van der Waals surface area (Å²) in [6, 6.07) is 19.2. The summed E-state index contributed by atoms with van der Waals surface area (Å²) in [6.45, 7) is 0.797. The lowest BCUT2D eigenvalue weighted by Crippen LogP contribution is -2.53. The summed E-state index contributed by atoms with van der Waals surface area (Å²) in [7, 11) is -2.72. The van der Waals surface area contributed by atoms with E-state index in [1.54, 1.807) is 55.5 Å². The first-order valence-electron chi connectivity index (χ1n) is 13.8. The monoisotopic (exact) mass is 581 g/mol. The van der Waals surface area contributed by atoms with Crippen LogP contribution in [0.15, 0.2) is 83.8 Å². The molecule has 41 heavy (non-hydrogen) atoms. The smallest absolute Gasteiger partial charge is 0.264 e. The van der Waals surface area contributed by atoms with Crippen LogP contribution in [0.2, 0.25) is 0 Å². The third-order valence-corrected chi connectivity index (χ3v) is 9.18. The van der Waals surface area contributed by atoms with Gasteiger partial charge in [-0.25, -0.2) is 12.8 Å². The fraction of sp³-hybridized carbons (Fsp3) is 0.355. The van der Waals surface area contributed by atoms with Gasteiger partial charge >= 0.3 is 0 Å². The average Bonchev–Trinajstić information content (AvgIpc) is 3.00. The first-order valence-corrected chi connectivity index (χ1v) is 15.2. The number of amides is 2. The first kappa shape index (κ1) is 30.0. The van der Waals surface area contributed by atoms with Crippen molar-refractivity contribution in [1.82, 2.24) is 10.2 Å². The summed E-state index contributed by atoms with van der Waals surface area (Å²) in [5.74, 6) is -1.03. The van der Waals surface area contributed by atoms with Gasteiger partial charge in [0.1, 0.15) is 24.2 Å². The highest BCUT2D eigenvalue weighted by molar-refractivity contribution is 7.92. The van der Waals surface area contributed by atoms with Crippen molar-refractivity contribution < 1.29 is 27.1 Å². The van der Waals surface area contributed by atoms with Crippen molar-refractivity contribution in [2.24, 2.45) is 0 Å². The van der Waals surface area contributed by atoms with Crippen molar-refractivity contribution in [2.75, 3.05) is 18.0 Å². The minimum absolute atomic E-state index is 0.0142. The number of rotatable bonds is 11. The van der Waals surface area contributed by atoms with Crippen LogP contribution < -0.4 is 14.4 Å². The molecule has 0 aliphatic heterocycles. The lowest BCUT2D eigenvalue weighted by molar-refractivity contribution is -0.139. The molecule has 10 heteroatoms. The molecule has 1 fully saturated rings. The standard InChI is InChI=1S/C31H36FN3O5S/c1-23(31(37)33-25-12-5-3-6-13-25)34(21-24-11-9-10-16-29(24)32)30(36)22-35(26-14-7-4-8-15-26)41(38,39)28-19-17-27(40-2)18-20-28/h4,7-11,14-20,23,25H,3,5-6,12-13,21-22H2,1-2H3,(H,33,37). The van der Waals surface area contributed by atoms with Crippen LogP contribution in [0, 0.1) is 5.82 Å². The normalized spacial score (nSPS) is 14.6. The van der Waals surface area contributed by atoms with E-state index in [9.17, 15) is 22.4 Å². The molecule has 1 saturated carbocycles. The molecule has 0 spiro atoms. The number of anilines is 1. The van der Waals surface area contributed by atoms with Crippen molar-refractivity contribution >= 4 is 27.5 Å². The van der Waals surface area contributed by atoms with Gasteiger partial charge in [-0.3, -0.25) is 13.9 Å². The molecule has 3 aromatic rings. The molecule has 4 rings (SSSR count). The number of benzene rings is 3. The number of ether oxygens (including phenoxy) is 1. The van der Waals surface area contributed by atoms with Crippen molar-refractivity contribution in [3.05, 3.63) is 90.2 Å². The zero-order valence-corrected chi connectivity index (χ0v) is 24.1. The molecule has 1 atom stereocenters. The Morgan fingerprint density at radius 3 is 2.22 bits per heavy atom. The maximum atomic E-state index is 14.7. The number of methoxy groups -OCH3 is 1. The maximum Gasteiger partial charge on any atom is 0.264 e. The summed E-state index contributed by atoms with van der Waals surface area (Å²) in [5.41, 5.74) is 0.504. The van der Waals surface area contributed by atoms with E-state index in [1.165, 1.54) is 42.3 Å². The highest BCUT2D eigenvalue weighted by atomic mass is 32.2. The molecule has 218 valence electrons. The molecule has 0 saturated heterocycles. The number of carbonyl (C=O) groups is 2. The van der Waals surface area contributed by atoms with Gasteiger partial charge in [0.2, 0.25) is 11.8 Å². The van der Waals surface area contributed by atoms with Gasteiger partial charge in [-0.15, -0.1) is 0 Å². The Hall–Kier alpha value is -3.92. The quantitative estimate of drug-likeness (QED) is 0.348. The highest BCUT2D eigenvalue weighted by Gasteiger charge is 2.33. The second kappa shape index (κ2) is 13.6. The SMILES string of the molecule is COc1ccc(S(=O)(=O)N(CC(=O)N(Cc2ccccc2F)C(C)C(=O)NC2CCCCC2)c2ccccc2)cc1. The van der Waals surface area contributed by atoms with Crippen LogP contribution in [0.25, 0.3) is 0 Å². The largest absolute Gasteiger partial charge is 0.497 e. The number of halogens is 1. The van der Waals surface area contributed by atoms with E-state index in [4.69, 9.17) is 4.74 Å². The predicted molar refractivity (Wildman–Crippen MR) is 155 cm³/mol. The lowest BCUT2D eigenvalue weighted by Gasteiger charge is -2.33. The van der Waals surface area contributed by atoms with E-state index >= 15 is 0 Å². The summed E-state index contributed by atoms with van der Waals surface area (Å²) in [5, 5.41) is 3.04. The third-order valence-electron chi connectivity index (χ3n) is 7.39. The second-order valence-electron chi connectivity index (χ2n) is 10.2. The van der Waals surface area contributed by atoms with Crippen molar-refractivity contribution in [2.45, 2.75) is 62.6 Å². The number of nitrogens with one attached hydrogen (secondary N) is 1. The number of carbonyl (C=O) groups excluding carboxylic acids is 2. The van der Waals surface area contributed by atoms with E-state index in [0.717, 1.165) is 36.4 Å². The van der Waals surface area contributed by atoms with E-state index in [0.29, 0.717) is 5.75 Å². The van der Waals surface area contributed by atoms with Gasteiger partial charge in [-0.1, -0.05) is 55.7 Å². The van der Waals surface area contributed by atoms with Crippen LogP contribution in [0.5, 0.6) is 5.75 Å². The molecule has 1 aliphatic carbocycles. The number of sulfonamides is 1. The second-order valence-corrected chi connectivity index (χ2v) is 12.0. The van der Waals surface area contributed by atoms with Crippen LogP contribution in [0.3, 0.4) is 0 Å². The Labute approximate surface area is 241 Å². The average molecular weight is 582 g/mol. The molecule has 1 aliphatic rings. The summed E-state index contributed by atoms with van der Waals surface area (Å²) in [6.07, 6.45) is 4.89. The Morgan fingerprint density at radius 1 is 0.951 bits per heavy atom. The van der Waals surface area contributed by atoms with Crippen LogP contribution in [0.1, 0.15) is 44.6 Å². The Kier molecular flexibility index (Phi) is 9.99. The highest BCUT2D eigenvalue weighted by Crippen LogP contribution is 2.26. The van der Waals surface area contributed by atoms with Gasteiger partial charge < -0.3 is 15.0 Å². The molecule has 8 nitrogen and oxygen atoms in total. The third kappa shape index (κ3) is 7.43. The zero-order valence-electron chi connectivity index (χ0n) is 23.3. The fourth-order valence-corrected chi connectivity index (χ4v) is 6.37. The van der Waals surface area contributed by atoms with E-state index in [-0.39, 0.29) is 34.6 Å². The topological polar surface area (TPSA) is 96.0 Å². The van der Waals surface area contributed by atoms with Crippen LogP contribution in [-0.4, -0.2) is 50.9 Å². The van der Waals surface area contributed by atoms with Crippen LogP contribution >= 0.6 is 0 Å². The van der Waals surface area contributed by atoms with Crippen molar-refractivity contribution in [3.8, 4) is 5.75 Å². The minimum Gasteiger partial charge on any atom is -0.497 e. The molecule has 3 aromatic carbocycles. The molecular weight excluding hydrogens is 545 g/mol. The number of nitrogens with zero attached hydrogens (tertiary/aromatic N) is 2. The molecule has 0 radical (unpaired) electrons. The molecule has 2 amide bonds. The van der Waals surface area contributed by atoms with Crippen LogP contribution in [0.4, 0.5) is 10.1 Å². The number of hydrogen-bond acceptors (Lipinski definition) is 5. The Balaban J connectivity index is 1.66. The van der Waals surface area contributed by atoms with Gasteiger partial charge in [0.15, 0.2) is 0 Å². The molecule has 1 N–H and O–H groups in total. The Bertz CT molecular complexity index is 1430. The van der Waals surface area contributed by atoms with Gasteiger partial charge in [-0.2, -0.15) is 0 Å². The maximum absolute atomic E-state index is 14.7. The molecule has 0 bridgehead atoms. The zero-order chi connectivity index (χ0) is 29.4. The van der Waals surface area contributed by atoms with E-state index in [2.05, 4.69) is 5.32 Å². The van der Waals surface area contributed by atoms with Crippen molar-refractivity contribution in [3.63, 3.8) is 0 Å². The number of hydrogen-bond donors (Lipinski definition) is 1. The predicted octanol–water partition coefficient (Wildman–Crippen LogP) is 4.90. The molecule has 1 unspecified atom stereocenters. The first-order chi connectivity index (χ1) is 19.7. The van der Waals surface area contributed by atoms with E-state index in [1.807, 2.05) is 0 Å². The molecule has 0 heterocycles. The molecule has 0 aromatic heterocycles. The van der Waals surface area contributed by atoms with E-state index < -0.39 is 34.3 Å². The fourth-order valence-electron chi connectivity index (χ4n) is 4.96. The summed E-state index contributed by atoms with van der Waals surface area (Å²) < 4.78 is 48.6. The summed E-state index contributed by atoms with van der Waals surface area (Å²) in [4.78, 5) is 28.5. The lowest BCUT2D eigenvalue weighted by atomic mass is 9.95. The molecular formula is C31H36FN3O5S. The van der Waals surface area contributed by atoms with Crippen molar-refractivity contribution in [1.29, 1.82) is 0 Å². The minimum atomic E-state index is -4.20. The van der Waals surface area contributed by atoms with Gasteiger partial charge in [0, 0.05) is 18.2 Å². The van der Waals surface area contributed by atoms with Gasteiger partial charge in [0.05, 0.1) is 17.7 Å². The Morgan fingerprint density at radius 2 is 1.59 bits per heavy atom. The number of para-hydroxylation sites is 1. The van der Waals surface area contributed by atoms with Gasteiger partial charge in [0.25, 0.3) is 10.0 Å². The summed E-state index contributed by atoms with van der Waals surface area (Å²) >= 11 is 0.